The molecule has 1 heterocycles. The second kappa shape index (κ2) is 4.87. The fourth-order valence-corrected chi connectivity index (χ4v) is 1.41. The lowest BCUT2D eigenvalue weighted by Crippen LogP contribution is -2.45. The summed E-state index contributed by atoms with van der Waals surface area (Å²) in [6.45, 7) is 4.73. The summed E-state index contributed by atoms with van der Waals surface area (Å²) in [5, 5.41) is 3.22. The molecule has 13 heavy (non-hydrogen) atoms. The first-order valence-electron chi connectivity index (χ1n) is 4.68. The summed E-state index contributed by atoms with van der Waals surface area (Å²) in [7, 11) is 0. The highest BCUT2D eigenvalue weighted by Gasteiger charge is 2.16. The summed E-state index contributed by atoms with van der Waals surface area (Å²) in [6, 6.07) is 0. The Morgan fingerprint density at radius 2 is 2.54 bits per heavy atom. The standard InChI is InChI=1S/C9H17N3O/c1-2-9(13)12-6-5-11-8(7-12)3-4-10/h3,11H,2,4-7,10H2,1H3. The van der Waals surface area contributed by atoms with Crippen LogP contribution in [0, 0.1) is 0 Å². The van der Waals surface area contributed by atoms with Gasteiger partial charge in [0.25, 0.3) is 0 Å². The van der Waals surface area contributed by atoms with Crippen LogP contribution in [0.4, 0.5) is 0 Å². The van der Waals surface area contributed by atoms with Gasteiger partial charge >= 0.3 is 0 Å². The van der Waals surface area contributed by atoms with Crippen LogP contribution in [0.25, 0.3) is 0 Å². The van der Waals surface area contributed by atoms with Gasteiger partial charge in [0.05, 0.1) is 6.54 Å². The molecule has 1 aliphatic heterocycles. The molecule has 0 aromatic carbocycles. The van der Waals surface area contributed by atoms with E-state index in [9.17, 15) is 4.79 Å². The molecule has 0 radical (unpaired) electrons. The van der Waals surface area contributed by atoms with Crippen molar-refractivity contribution in [1.29, 1.82) is 0 Å². The second-order valence-corrected chi connectivity index (χ2v) is 3.06. The Balaban J connectivity index is 2.51. The molecular formula is C9H17N3O. The number of nitrogens with two attached hydrogens (primary N) is 1. The molecule has 0 aromatic heterocycles. The highest BCUT2D eigenvalue weighted by molar-refractivity contribution is 5.76. The second-order valence-electron chi connectivity index (χ2n) is 3.06. The molecular weight excluding hydrogens is 166 g/mol. The van der Waals surface area contributed by atoms with Crippen molar-refractivity contribution in [1.82, 2.24) is 10.2 Å². The molecule has 3 N–H and O–H groups in total. The Morgan fingerprint density at radius 1 is 1.77 bits per heavy atom. The molecule has 4 heteroatoms. The Labute approximate surface area is 78.8 Å². The molecule has 0 atom stereocenters. The predicted octanol–water partition coefficient (Wildman–Crippen LogP) is -0.329. The van der Waals surface area contributed by atoms with Gasteiger partial charge in [-0.3, -0.25) is 4.79 Å². The van der Waals surface area contributed by atoms with Crippen LogP contribution in [-0.2, 0) is 4.79 Å². The molecule has 0 bridgehead atoms. The van der Waals surface area contributed by atoms with Gasteiger partial charge in [-0.25, -0.2) is 0 Å². The van der Waals surface area contributed by atoms with Crippen molar-refractivity contribution >= 4 is 5.91 Å². The molecule has 1 amide bonds. The monoisotopic (exact) mass is 183 g/mol. The van der Waals surface area contributed by atoms with E-state index in [2.05, 4.69) is 5.32 Å². The number of rotatable bonds is 2. The summed E-state index contributed by atoms with van der Waals surface area (Å²) in [4.78, 5) is 13.2. The molecule has 0 spiro atoms. The van der Waals surface area contributed by atoms with Crippen LogP contribution >= 0.6 is 0 Å². The SMILES string of the molecule is CCC(=O)N1CCNC(=CCN)C1. The first-order chi connectivity index (χ1) is 6.27. The number of amides is 1. The van der Waals surface area contributed by atoms with Crippen LogP contribution in [0.1, 0.15) is 13.3 Å². The maximum atomic E-state index is 11.4. The van der Waals surface area contributed by atoms with Gasteiger partial charge in [-0.1, -0.05) is 13.0 Å². The molecule has 1 aliphatic rings. The lowest BCUT2D eigenvalue weighted by atomic mass is 10.2. The summed E-state index contributed by atoms with van der Waals surface area (Å²) in [5.74, 6) is 0.212. The minimum absolute atomic E-state index is 0.212. The molecule has 1 rings (SSSR count). The molecule has 74 valence electrons. The number of hydrogen-bond acceptors (Lipinski definition) is 3. The molecule has 0 aromatic rings. The lowest BCUT2D eigenvalue weighted by Gasteiger charge is -2.29. The fraction of sp³-hybridized carbons (Fsp3) is 0.667. The van der Waals surface area contributed by atoms with E-state index in [4.69, 9.17) is 5.73 Å². The highest BCUT2D eigenvalue weighted by atomic mass is 16.2. The number of carbonyl (C=O) groups excluding carboxylic acids is 1. The smallest absolute Gasteiger partial charge is 0.222 e. The van der Waals surface area contributed by atoms with Gasteiger partial charge in [0, 0.05) is 31.8 Å². The number of piperazine rings is 1. The van der Waals surface area contributed by atoms with E-state index in [1.807, 2.05) is 17.9 Å². The average Bonchev–Trinajstić information content (AvgIpc) is 2.18. The topological polar surface area (TPSA) is 58.4 Å². The van der Waals surface area contributed by atoms with Crippen molar-refractivity contribution in [3.63, 3.8) is 0 Å². The quantitative estimate of drug-likeness (QED) is 0.616. The Hall–Kier alpha value is -1.03. The van der Waals surface area contributed by atoms with Gasteiger partial charge in [0.2, 0.25) is 5.91 Å². The predicted molar refractivity (Wildman–Crippen MR) is 52.0 cm³/mol. The van der Waals surface area contributed by atoms with E-state index >= 15 is 0 Å². The van der Waals surface area contributed by atoms with Crippen LogP contribution in [-0.4, -0.2) is 37.0 Å². The number of carbonyl (C=O) groups is 1. The van der Waals surface area contributed by atoms with Gasteiger partial charge < -0.3 is 16.0 Å². The fourth-order valence-electron chi connectivity index (χ4n) is 1.41. The third-order valence-electron chi connectivity index (χ3n) is 2.11. The minimum atomic E-state index is 0.212. The Kier molecular flexibility index (Phi) is 3.76. The van der Waals surface area contributed by atoms with Gasteiger partial charge in [-0.2, -0.15) is 0 Å². The van der Waals surface area contributed by atoms with Crippen molar-refractivity contribution in [3.8, 4) is 0 Å². The molecule has 1 fully saturated rings. The Bertz CT molecular complexity index is 213. The van der Waals surface area contributed by atoms with Gasteiger partial charge in [0.1, 0.15) is 0 Å². The third kappa shape index (κ3) is 2.73. The van der Waals surface area contributed by atoms with Crippen LogP contribution in [0.3, 0.4) is 0 Å². The van der Waals surface area contributed by atoms with E-state index in [0.717, 1.165) is 18.8 Å². The van der Waals surface area contributed by atoms with E-state index in [1.165, 1.54) is 0 Å². The maximum Gasteiger partial charge on any atom is 0.222 e. The van der Waals surface area contributed by atoms with Crippen molar-refractivity contribution in [2.75, 3.05) is 26.2 Å². The zero-order chi connectivity index (χ0) is 9.68. The lowest BCUT2D eigenvalue weighted by molar-refractivity contribution is -0.130. The van der Waals surface area contributed by atoms with E-state index in [1.54, 1.807) is 0 Å². The Morgan fingerprint density at radius 3 is 3.15 bits per heavy atom. The normalized spacial score (nSPS) is 20.2. The van der Waals surface area contributed by atoms with Crippen molar-refractivity contribution < 1.29 is 4.79 Å². The van der Waals surface area contributed by atoms with Crippen molar-refractivity contribution in [3.05, 3.63) is 11.8 Å². The third-order valence-corrected chi connectivity index (χ3v) is 2.11. The van der Waals surface area contributed by atoms with Crippen LogP contribution < -0.4 is 11.1 Å². The minimum Gasteiger partial charge on any atom is -0.385 e. The zero-order valence-corrected chi connectivity index (χ0v) is 8.05. The van der Waals surface area contributed by atoms with E-state index in [-0.39, 0.29) is 5.91 Å². The molecule has 1 saturated heterocycles. The van der Waals surface area contributed by atoms with Crippen molar-refractivity contribution in [2.45, 2.75) is 13.3 Å². The summed E-state index contributed by atoms with van der Waals surface area (Å²) < 4.78 is 0. The average molecular weight is 183 g/mol. The van der Waals surface area contributed by atoms with E-state index in [0.29, 0.717) is 19.5 Å². The van der Waals surface area contributed by atoms with E-state index < -0.39 is 0 Å². The van der Waals surface area contributed by atoms with Gasteiger partial charge in [0.15, 0.2) is 0 Å². The molecule has 4 nitrogen and oxygen atoms in total. The molecule has 0 aliphatic carbocycles. The molecule has 0 unspecified atom stereocenters. The van der Waals surface area contributed by atoms with Crippen molar-refractivity contribution in [2.24, 2.45) is 5.73 Å². The zero-order valence-electron chi connectivity index (χ0n) is 8.05. The number of nitrogens with one attached hydrogen (secondary N) is 1. The maximum absolute atomic E-state index is 11.4. The van der Waals surface area contributed by atoms with Gasteiger partial charge in [-0.05, 0) is 0 Å². The molecule has 0 saturated carbocycles. The van der Waals surface area contributed by atoms with Crippen LogP contribution in [0.5, 0.6) is 0 Å². The first-order valence-corrected chi connectivity index (χ1v) is 4.68. The first kappa shape index (κ1) is 10.1. The highest BCUT2D eigenvalue weighted by Crippen LogP contribution is 2.03. The largest absolute Gasteiger partial charge is 0.385 e. The summed E-state index contributed by atoms with van der Waals surface area (Å²) in [6.07, 6.45) is 2.50. The number of nitrogens with zero attached hydrogens (tertiary/aromatic N) is 1. The van der Waals surface area contributed by atoms with Crippen LogP contribution in [0.15, 0.2) is 11.8 Å². The van der Waals surface area contributed by atoms with Gasteiger partial charge in [-0.15, -0.1) is 0 Å². The van der Waals surface area contributed by atoms with Crippen LogP contribution in [0.2, 0.25) is 0 Å². The summed E-state index contributed by atoms with van der Waals surface area (Å²) in [5.41, 5.74) is 6.46. The summed E-state index contributed by atoms with van der Waals surface area (Å²) >= 11 is 0. The number of hydrogen-bond donors (Lipinski definition) is 2.